The molecule has 6 nitrogen and oxygen atoms in total. The fourth-order valence-corrected chi connectivity index (χ4v) is 3.17. The predicted octanol–water partition coefficient (Wildman–Crippen LogP) is 0.968. The lowest BCUT2D eigenvalue weighted by molar-refractivity contribution is -0.151. The number of anilines is 1. The van der Waals surface area contributed by atoms with Gasteiger partial charge in [-0.15, -0.1) is 0 Å². The van der Waals surface area contributed by atoms with E-state index in [1.807, 2.05) is 11.0 Å². The molecule has 0 bridgehead atoms. The quantitative estimate of drug-likeness (QED) is 0.720. The lowest BCUT2D eigenvalue weighted by atomic mass is 10.2. The minimum absolute atomic E-state index is 0.279. The van der Waals surface area contributed by atoms with E-state index >= 15 is 0 Å². The molecule has 3 rings (SSSR count). The number of amides is 2. The molecule has 1 aromatic carbocycles. The first kappa shape index (κ1) is 16.2. The second kappa shape index (κ2) is 6.87. The van der Waals surface area contributed by atoms with Gasteiger partial charge in [-0.25, -0.2) is 4.39 Å². The Kier molecular flexibility index (Phi) is 4.65. The number of hydrogen-bond acceptors (Lipinski definition) is 4. The highest BCUT2D eigenvalue weighted by Gasteiger charge is 2.31. The Morgan fingerprint density at radius 2 is 1.54 bits per heavy atom. The lowest BCUT2D eigenvalue weighted by Gasteiger charge is -2.36. The van der Waals surface area contributed by atoms with Gasteiger partial charge in [0.15, 0.2) is 0 Å². The molecule has 0 aromatic heterocycles. The topological polar surface area (TPSA) is 67.6 Å². The van der Waals surface area contributed by atoms with Crippen LogP contribution >= 0.6 is 0 Å². The normalized spacial score (nSPS) is 17.8. The maximum atomic E-state index is 14.1. The highest BCUT2D eigenvalue weighted by molar-refractivity contribution is 6.35. The molecule has 0 aliphatic carbocycles. The van der Waals surface area contributed by atoms with Gasteiger partial charge in [-0.1, -0.05) is 0 Å². The van der Waals surface area contributed by atoms with Crippen molar-refractivity contribution in [3.05, 3.63) is 29.6 Å². The van der Waals surface area contributed by atoms with Crippen LogP contribution in [0.3, 0.4) is 0 Å². The summed E-state index contributed by atoms with van der Waals surface area (Å²) in [5, 5.41) is 8.79. The first-order valence-electron chi connectivity index (χ1n) is 8.13. The van der Waals surface area contributed by atoms with Crippen molar-refractivity contribution in [2.45, 2.75) is 12.8 Å². The molecule has 0 radical (unpaired) electrons. The van der Waals surface area contributed by atoms with Crippen LogP contribution in [-0.4, -0.2) is 60.9 Å². The standard InChI is InChI=1S/C17H19FN4O2/c18-14-11-13(12-19)3-4-15(14)20-7-9-22(10-8-20)17(24)16(23)21-5-1-2-6-21/h3-4,11H,1-2,5-10H2. The Morgan fingerprint density at radius 1 is 0.958 bits per heavy atom. The van der Waals surface area contributed by atoms with Crippen molar-refractivity contribution in [2.24, 2.45) is 0 Å². The first-order chi connectivity index (χ1) is 11.6. The van der Waals surface area contributed by atoms with Gasteiger partial charge in [-0.2, -0.15) is 5.26 Å². The molecule has 0 N–H and O–H groups in total. The molecule has 2 heterocycles. The van der Waals surface area contributed by atoms with E-state index in [0.717, 1.165) is 12.8 Å². The Balaban J connectivity index is 1.60. The van der Waals surface area contributed by atoms with Gasteiger partial charge < -0.3 is 14.7 Å². The number of piperazine rings is 1. The van der Waals surface area contributed by atoms with E-state index in [1.54, 1.807) is 21.9 Å². The third kappa shape index (κ3) is 3.18. The average molecular weight is 330 g/mol. The van der Waals surface area contributed by atoms with Crippen molar-refractivity contribution >= 4 is 17.5 Å². The van der Waals surface area contributed by atoms with E-state index in [2.05, 4.69) is 0 Å². The molecule has 2 fully saturated rings. The molecule has 2 aliphatic heterocycles. The average Bonchev–Trinajstić information content (AvgIpc) is 3.15. The fourth-order valence-electron chi connectivity index (χ4n) is 3.17. The van der Waals surface area contributed by atoms with E-state index in [1.165, 1.54) is 6.07 Å². The molecule has 126 valence electrons. The number of benzene rings is 1. The SMILES string of the molecule is N#Cc1ccc(N2CCN(C(=O)C(=O)N3CCCC3)CC2)c(F)c1. The van der Waals surface area contributed by atoms with Crippen LogP contribution in [0.2, 0.25) is 0 Å². The van der Waals surface area contributed by atoms with E-state index < -0.39 is 17.6 Å². The zero-order valence-corrected chi connectivity index (χ0v) is 13.4. The molecule has 0 unspecified atom stereocenters. The van der Waals surface area contributed by atoms with Crippen LogP contribution in [0, 0.1) is 17.1 Å². The maximum absolute atomic E-state index is 14.1. The smallest absolute Gasteiger partial charge is 0.312 e. The summed E-state index contributed by atoms with van der Waals surface area (Å²) in [5.74, 6) is -1.33. The van der Waals surface area contributed by atoms with Crippen molar-refractivity contribution in [1.29, 1.82) is 5.26 Å². The number of carbonyl (C=O) groups excluding carboxylic acids is 2. The highest BCUT2D eigenvalue weighted by Crippen LogP contribution is 2.22. The van der Waals surface area contributed by atoms with E-state index in [-0.39, 0.29) is 5.56 Å². The molecular formula is C17H19FN4O2. The maximum Gasteiger partial charge on any atom is 0.312 e. The molecular weight excluding hydrogens is 311 g/mol. The van der Waals surface area contributed by atoms with Gasteiger partial charge in [0, 0.05) is 39.3 Å². The van der Waals surface area contributed by atoms with Crippen LogP contribution in [-0.2, 0) is 9.59 Å². The second-order valence-electron chi connectivity index (χ2n) is 6.06. The predicted molar refractivity (Wildman–Crippen MR) is 85.7 cm³/mol. The van der Waals surface area contributed by atoms with Gasteiger partial charge in [0.1, 0.15) is 5.82 Å². The Hall–Kier alpha value is -2.62. The van der Waals surface area contributed by atoms with E-state index in [9.17, 15) is 14.0 Å². The second-order valence-corrected chi connectivity index (χ2v) is 6.06. The Bertz CT molecular complexity index is 686. The molecule has 24 heavy (non-hydrogen) atoms. The van der Waals surface area contributed by atoms with Crippen molar-refractivity contribution in [3.63, 3.8) is 0 Å². The summed E-state index contributed by atoms with van der Waals surface area (Å²) in [5.41, 5.74) is 0.702. The fraction of sp³-hybridized carbons (Fsp3) is 0.471. The zero-order chi connectivity index (χ0) is 17.1. The number of carbonyl (C=O) groups is 2. The first-order valence-corrected chi connectivity index (χ1v) is 8.13. The number of hydrogen-bond donors (Lipinski definition) is 0. The van der Waals surface area contributed by atoms with Crippen LogP contribution in [0.1, 0.15) is 18.4 Å². The minimum Gasteiger partial charge on any atom is -0.366 e. The molecule has 2 aliphatic rings. The van der Waals surface area contributed by atoms with Crippen LogP contribution in [0.4, 0.5) is 10.1 Å². The summed E-state index contributed by atoms with van der Waals surface area (Å²) >= 11 is 0. The van der Waals surface area contributed by atoms with Gasteiger partial charge in [0.2, 0.25) is 0 Å². The summed E-state index contributed by atoms with van der Waals surface area (Å²) in [6, 6.07) is 6.28. The summed E-state index contributed by atoms with van der Waals surface area (Å²) < 4.78 is 14.1. The molecule has 7 heteroatoms. The van der Waals surface area contributed by atoms with E-state index in [0.29, 0.717) is 45.0 Å². The molecule has 0 spiro atoms. The summed E-state index contributed by atoms with van der Waals surface area (Å²) in [4.78, 5) is 29.4. The minimum atomic E-state index is -0.461. The third-order valence-corrected chi connectivity index (χ3v) is 4.56. The summed E-state index contributed by atoms with van der Waals surface area (Å²) in [6.45, 7) is 3.00. The number of likely N-dealkylation sites (tertiary alicyclic amines) is 1. The van der Waals surface area contributed by atoms with Crippen molar-refractivity contribution < 1.29 is 14.0 Å². The molecule has 2 saturated heterocycles. The van der Waals surface area contributed by atoms with Crippen LogP contribution in [0.25, 0.3) is 0 Å². The van der Waals surface area contributed by atoms with Crippen LogP contribution in [0.15, 0.2) is 18.2 Å². The van der Waals surface area contributed by atoms with Gasteiger partial charge >= 0.3 is 11.8 Å². The highest BCUT2D eigenvalue weighted by atomic mass is 19.1. The number of nitriles is 1. The summed E-state index contributed by atoms with van der Waals surface area (Å²) in [7, 11) is 0. The molecule has 2 amide bonds. The van der Waals surface area contributed by atoms with Crippen LogP contribution in [0.5, 0.6) is 0 Å². The van der Waals surface area contributed by atoms with Crippen molar-refractivity contribution in [2.75, 3.05) is 44.2 Å². The Labute approximate surface area is 140 Å². The van der Waals surface area contributed by atoms with Crippen LogP contribution < -0.4 is 4.90 Å². The van der Waals surface area contributed by atoms with Gasteiger partial charge in [-0.05, 0) is 31.0 Å². The Morgan fingerprint density at radius 3 is 2.08 bits per heavy atom. The third-order valence-electron chi connectivity index (χ3n) is 4.56. The largest absolute Gasteiger partial charge is 0.366 e. The van der Waals surface area contributed by atoms with Gasteiger partial charge in [-0.3, -0.25) is 9.59 Å². The number of nitrogens with zero attached hydrogens (tertiary/aromatic N) is 4. The van der Waals surface area contributed by atoms with Gasteiger partial charge in [0.25, 0.3) is 0 Å². The monoisotopic (exact) mass is 330 g/mol. The van der Waals surface area contributed by atoms with Gasteiger partial charge in [0.05, 0.1) is 17.3 Å². The summed E-state index contributed by atoms with van der Waals surface area (Å²) in [6.07, 6.45) is 1.90. The van der Waals surface area contributed by atoms with E-state index in [4.69, 9.17) is 5.26 Å². The zero-order valence-electron chi connectivity index (χ0n) is 13.4. The van der Waals surface area contributed by atoms with Crippen molar-refractivity contribution in [3.8, 4) is 6.07 Å². The lowest BCUT2D eigenvalue weighted by Crippen LogP contribution is -2.53. The number of halogens is 1. The molecule has 0 atom stereocenters. The molecule has 0 saturated carbocycles. The molecule has 1 aromatic rings. The van der Waals surface area contributed by atoms with Crippen molar-refractivity contribution in [1.82, 2.24) is 9.80 Å². The number of rotatable bonds is 1.